The molecular weight excluding hydrogens is 253 g/mol. The van der Waals surface area contributed by atoms with Gasteiger partial charge in [0.2, 0.25) is 0 Å². The van der Waals surface area contributed by atoms with Crippen LogP contribution >= 0.6 is 11.6 Å². The predicted octanol–water partition coefficient (Wildman–Crippen LogP) is 3.38. The van der Waals surface area contributed by atoms with Gasteiger partial charge in [0.15, 0.2) is 0 Å². The lowest BCUT2D eigenvalue weighted by molar-refractivity contribution is 0.627. The van der Waals surface area contributed by atoms with Crippen LogP contribution in [0, 0.1) is 12.7 Å². The zero-order chi connectivity index (χ0) is 13.1. The van der Waals surface area contributed by atoms with Gasteiger partial charge in [0, 0.05) is 24.5 Å². The summed E-state index contributed by atoms with van der Waals surface area (Å²) in [5.41, 5.74) is 8.28. The number of nitrogens with zero attached hydrogens (tertiary/aromatic N) is 1. The van der Waals surface area contributed by atoms with Gasteiger partial charge in [-0.2, -0.15) is 0 Å². The second-order valence-electron chi connectivity index (χ2n) is 4.03. The Morgan fingerprint density at radius 1 is 1.39 bits per heavy atom. The Kier molecular flexibility index (Phi) is 3.67. The Hall–Kier alpha value is -1.81. The average Bonchev–Trinajstić information content (AvgIpc) is 2.35. The van der Waals surface area contributed by atoms with Gasteiger partial charge in [-0.1, -0.05) is 17.7 Å². The van der Waals surface area contributed by atoms with Crippen molar-refractivity contribution in [3.8, 4) is 0 Å². The van der Waals surface area contributed by atoms with E-state index in [1.54, 1.807) is 24.4 Å². The van der Waals surface area contributed by atoms with E-state index in [-0.39, 0.29) is 5.02 Å². The smallest absolute Gasteiger partial charge is 0.141 e. The summed E-state index contributed by atoms with van der Waals surface area (Å²) < 4.78 is 13.0. The number of benzene rings is 1. The average molecular weight is 266 g/mol. The largest absolute Gasteiger partial charge is 0.398 e. The van der Waals surface area contributed by atoms with Crippen molar-refractivity contribution in [1.82, 2.24) is 4.98 Å². The third-order valence-corrected chi connectivity index (χ3v) is 2.89. The molecule has 1 aromatic heterocycles. The molecule has 3 nitrogen and oxygen atoms in total. The molecule has 0 saturated heterocycles. The fourth-order valence-corrected chi connectivity index (χ4v) is 1.68. The maximum Gasteiger partial charge on any atom is 0.141 e. The maximum absolute atomic E-state index is 13.0. The molecule has 18 heavy (non-hydrogen) atoms. The standard InChI is InChI=1S/C13H13ClFN3/c1-8-6-17-13(5-12(8)16)18-7-9-2-3-11(15)10(14)4-9/h2-6H,7H2,1H3,(H3,16,17,18). The second kappa shape index (κ2) is 5.23. The molecule has 0 aliphatic rings. The molecule has 0 fully saturated rings. The molecule has 94 valence electrons. The summed E-state index contributed by atoms with van der Waals surface area (Å²) in [7, 11) is 0. The molecule has 0 amide bonds. The van der Waals surface area contributed by atoms with Crippen molar-refractivity contribution >= 4 is 23.1 Å². The van der Waals surface area contributed by atoms with Gasteiger partial charge in [0.05, 0.1) is 5.02 Å². The summed E-state index contributed by atoms with van der Waals surface area (Å²) in [4.78, 5) is 4.20. The molecule has 2 rings (SSSR count). The number of nitrogens with two attached hydrogens (primary N) is 1. The topological polar surface area (TPSA) is 50.9 Å². The van der Waals surface area contributed by atoms with Crippen molar-refractivity contribution in [3.63, 3.8) is 0 Å². The summed E-state index contributed by atoms with van der Waals surface area (Å²) in [6, 6.07) is 6.37. The van der Waals surface area contributed by atoms with Crippen molar-refractivity contribution in [1.29, 1.82) is 0 Å². The number of hydrogen-bond acceptors (Lipinski definition) is 3. The molecule has 0 spiro atoms. The van der Waals surface area contributed by atoms with E-state index in [0.717, 1.165) is 11.1 Å². The van der Waals surface area contributed by atoms with Crippen LogP contribution in [0.4, 0.5) is 15.9 Å². The molecule has 0 aliphatic heterocycles. The Morgan fingerprint density at radius 2 is 2.17 bits per heavy atom. The highest BCUT2D eigenvalue weighted by molar-refractivity contribution is 6.30. The third-order valence-electron chi connectivity index (χ3n) is 2.60. The van der Waals surface area contributed by atoms with E-state index >= 15 is 0 Å². The van der Waals surface area contributed by atoms with Crippen molar-refractivity contribution in [3.05, 3.63) is 52.4 Å². The van der Waals surface area contributed by atoms with Crippen LogP contribution in [0.2, 0.25) is 5.02 Å². The van der Waals surface area contributed by atoms with E-state index in [1.165, 1.54) is 6.07 Å². The van der Waals surface area contributed by atoms with Crippen molar-refractivity contribution in [2.45, 2.75) is 13.5 Å². The van der Waals surface area contributed by atoms with E-state index < -0.39 is 5.82 Å². The number of anilines is 2. The van der Waals surface area contributed by atoms with Crippen molar-refractivity contribution < 1.29 is 4.39 Å². The molecule has 0 atom stereocenters. The highest BCUT2D eigenvalue weighted by Crippen LogP contribution is 2.18. The normalized spacial score (nSPS) is 10.4. The second-order valence-corrected chi connectivity index (χ2v) is 4.44. The van der Waals surface area contributed by atoms with Crippen LogP contribution in [0.1, 0.15) is 11.1 Å². The monoisotopic (exact) mass is 265 g/mol. The lowest BCUT2D eigenvalue weighted by atomic mass is 10.2. The van der Waals surface area contributed by atoms with E-state index in [2.05, 4.69) is 10.3 Å². The predicted molar refractivity (Wildman–Crippen MR) is 72.1 cm³/mol. The number of aryl methyl sites for hydroxylation is 1. The van der Waals surface area contributed by atoms with Gasteiger partial charge < -0.3 is 11.1 Å². The van der Waals surface area contributed by atoms with Gasteiger partial charge in [0.25, 0.3) is 0 Å². The molecule has 5 heteroatoms. The summed E-state index contributed by atoms with van der Waals surface area (Å²) in [5.74, 6) is 0.261. The first-order valence-corrected chi connectivity index (χ1v) is 5.84. The minimum Gasteiger partial charge on any atom is -0.398 e. The van der Waals surface area contributed by atoms with Crippen LogP contribution in [0.15, 0.2) is 30.5 Å². The van der Waals surface area contributed by atoms with Gasteiger partial charge in [-0.25, -0.2) is 9.37 Å². The molecule has 2 aromatic rings. The lowest BCUT2D eigenvalue weighted by Crippen LogP contribution is -2.03. The molecule has 0 aliphatic carbocycles. The number of nitrogen functional groups attached to an aromatic ring is 1. The number of aromatic nitrogens is 1. The molecule has 0 unspecified atom stereocenters. The molecular formula is C13H13ClFN3. The zero-order valence-corrected chi connectivity index (χ0v) is 10.6. The highest BCUT2D eigenvalue weighted by atomic mass is 35.5. The number of hydrogen-bond donors (Lipinski definition) is 2. The van der Waals surface area contributed by atoms with Crippen LogP contribution in [-0.2, 0) is 6.54 Å². The molecule has 0 saturated carbocycles. The zero-order valence-electron chi connectivity index (χ0n) is 9.87. The van der Waals surface area contributed by atoms with Crippen LogP contribution in [0.25, 0.3) is 0 Å². The summed E-state index contributed by atoms with van der Waals surface area (Å²) >= 11 is 5.70. The number of nitrogens with one attached hydrogen (secondary N) is 1. The quantitative estimate of drug-likeness (QED) is 0.895. The third kappa shape index (κ3) is 2.90. The highest BCUT2D eigenvalue weighted by Gasteiger charge is 2.02. The minimum atomic E-state index is -0.418. The summed E-state index contributed by atoms with van der Waals surface area (Å²) in [6.07, 6.45) is 1.70. The fraction of sp³-hybridized carbons (Fsp3) is 0.154. The minimum absolute atomic E-state index is 0.116. The van der Waals surface area contributed by atoms with Gasteiger partial charge in [-0.05, 0) is 30.2 Å². The van der Waals surface area contributed by atoms with Crippen LogP contribution in [0.5, 0.6) is 0 Å². The Balaban J connectivity index is 2.06. The number of pyridine rings is 1. The SMILES string of the molecule is Cc1cnc(NCc2ccc(F)c(Cl)c2)cc1N. The Bertz CT molecular complexity index is 521. The van der Waals surface area contributed by atoms with Crippen LogP contribution in [-0.4, -0.2) is 4.98 Å². The number of halogens is 2. The molecule has 1 aromatic carbocycles. The van der Waals surface area contributed by atoms with Gasteiger partial charge in [-0.15, -0.1) is 0 Å². The summed E-state index contributed by atoms with van der Waals surface area (Å²) in [6.45, 7) is 2.40. The number of rotatable bonds is 3. The van der Waals surface area contributed by atoms with Gasteiger partial charge in [-0.3, -0.25) is 0 Å². The van der Waals surface area contributed by atoms with Crippen molar-refractivity contribution in [2.75, 3.05) is 11.1 Å². The maximum atomic E-state index is 13.0. The molecule has 0 radical (unpaired) electrons. The van der Waals surface area contributed by atoms with E-state index in [4.69, 9.17) is 17.3 Å². The van der Waals surface area contributed by atoms with Gasteiger partial charge in [0.1, 0.15) is 11.6 Å². The summed E-state index contributed by atoms with van der Waals surface area (Å²) in [5, 5.41) is 3.22. The molecule has 3 N–H and O–H groups in total. The Labute approximate surface area is 110 Å². The Morgan fingerprint density at radius 3 is 2.83 bits per heavy atom. The fourth-order valence-electron chi connectivity index (χ4n) is 1.48. The van der Waals surface area contributed by atoms with Gasteiger partial charge >= 0.3 is 0 Å². The van der Waals surface area contributed by atoms with Crippen LogP contribution in [0.3, 0.4) is 0 Å². The van der Waals surface area contributed by atoms with E-state index in [0.29, 0.717) is 18.1 Å². The lowest BCUT2D eigenvalue weighted by Gasteiger charge is -2.08. The van der Waals surface area contributed by atoms with Crippen LogP contribution < -0.4 is 11.1 Å². The van der Waals surface area contributed by atoms with Crippen molar-refractivity contribution in [2.24, 2.45) is 0 Å². The first kappa shape index (κ1) is 12.6. The molecule has 0 bridgehead atoms. The van der Waals surface area contributed by atoms with E-state index in [9.17, 15) is 4.39 Å². The molecule has 1 heterocycles. The first-order valence-electron chi connectivity index (χ1n) is 5.46. The van der Waals surface area contributed by atoms with E-state index in [1.807, 2.05) is 6.92 Å². The first-order chi connectivity index (χ1) is 8.56.